The first-order valence-corrected chi connectivity index (χ1v) is 8.87. The summed E-state index contributed by atoms with van der Waals surface area (Å²) in [5.41, 5.74) is 0.674. The lowest BCUT2D eigenvalue weighted by Gasteiger charge is -2.44. The van der Waals surface area contributed by atoms with Gasteiger partial charge in [-0.05, 0) is 57.2 Å². The highest BCUT2D eigenvalue weighted by molar-refractivity contribution is 7.71. The maximum absolute atomic E-state index is 5.53. The molecule has 0 amide bonds. The summed E-state index contributed by atoms with van der Waals surface area (Å²) in [6, 6.07) is 0.387. The molecule has 0 bridgehead atoms. The summed E-state index contributed by atoms with van der Waals surface area (Å²) in [7, 11) is 0. The highest BCUT2D eigenvalue weighted by atomic mass is 32.1. The SMILES string of the molecule is CC(C)n1cnn(CN2CCC3(CCCCC3)CC2)c1=S. The molecule has 5 heteroatoms. The summed E-state index contributed by atoms with van der Waals surface area (Å²) in [5.74, 6) is 0. The molecular weight excluding hydrogens is 280 g/mol. The monoisotopic (exact) mass is 308 g/mol. The Morgan fingerprint density at radius 1 is 1.14 bits per heavy atom. The van der Waals surface area contributed by atoms with Crippen molar-refractivity contribution in [3.05, 3.63) is 11.1 Å². The summed E-state index contributed by atoms with van der Waals surface area (Å²) in [5, 5.41) is 4.47. The summed E-state index contributed by atoms with van der Waals surface area (Å²) in [6.07, 6.45) is 11.9. The van der Waals surface area contributed by atoms with Crippen molar-refractivity contribution in [3.8, 4) is 0 Å². The van der Waals surface area contributed by atoms with Gasteiger partial charge in [0, 0.05) is 19.1 Å². The molecule has 1 saturated carbocycles. The van der Waals surface area contributed by atoms with Crippen molar-refractivity contribution in [3.63, 3.8) is 0 Å². The third-order valence-corrected chi connectivity index (χ3v) is 5.90. The Morgan fingerprint density at radius 3 is 2.38 bits per heavy atom. The molecule has 118 valence electrons. The molecule has 0 N–H and O–H groups in total. The van der Waals surface area contributed by atoms with Gasteiger partial charge in [0.25, 0.3) is 0 Å². The van der Waals surface area contributed by atoms with E-state index in [4.69, 9.17) is 12.2 Å². The van der Waals surface area contributed by atoms with Gasteiger partial charge in [-0.1, -0.05) is 19.3 Å². The summed E-state index contributed by atoms with van der Waals surface area (Å²) < 4.78 is 4.90. The average Bonchev–Trinajstić information content (AvgIpc) is 2.84. The Kier molecular flexibility index (Phi) is 4.50. The van der Waals surface area contributed by atoms with Crippen LogP contribution in [-0.4, -0.2) is 32.3 Å². The van der Waals surface area contributed by atoms with Crippen molar-refractivity contribution in [1.82, 2.24) is 19.2 Å². The highest BCUT2D eigenvalue weighted by Crippen LogP contribution is 2.44. The van der Waals surface area contributed by atoms with Gasteiger partial charge in [-0.3, -0.25) is 4.90 Å². The first-order valence-electron chi connectivity index (χ1n) is 8.46. The maximum Gasteiger partial charge on any atom is 0.199 e. The molecule has 4 nitrogen and oxygen atoms in total. The second-order valence-corrected chi connectivity index (χ2v) is 7.60. The fourth-order valence-electron chi connectivity index (χ4n) is 3.96. The molecule has 2 fully saturated rings. The van der Waals surface area contributed by atoms with Crippen LogP contribution in [0.15, 0.2) is 6.33 Å². The fourth-order valence-corrected chi connectivity index (χ4v) is 4.32. The first-order chi connectivity index (χ1) is 10.1. The zero-order chi connectivity index (χ0) is 14.9. The van der Waals surface area contributed by atoms with E-state index < -0.39 is 0 Å². The molecule has 21 heavy (non-hydrogen) atoms. The molecule has 1 aromatic heterocycles. The molecule has 1 aromatic rings. The highest BCUT2D eigenvalue weighted by Gasteiger charge is 2.35. The van der Waals surface area contributed by atoms with Gasteiger partial charge in [-0.2, -0.15) is 5.10 Å². The number of aromatic nitrogens is 3. The van der Waals surface area contributed by atoms with Crippen molar-refractivity contribution < 1.29 is 0 Å². The molecule has 0 radical (unpaired) electrons. The molecule has 1 spiro atoms. The molecule has 0 atom stereocenters. The molecule has 1 saturated heterocycles. The van der Waals surface area contributed by atoms with Crippen LogP contribution >= 0.6 is 12.2 Å². The maximum atomic E-state index is 5.53. The van der Waals surface area contributed by atoms with Crippen LogP contribution in [0.25, 0.3) is 0 Å². The Bertz CT molecular complexity index is 515. The molecule has 1 aliphatic heterocycles. The van der Waals surface area contributed by atoms with Crippen LogP contribution in [0.1, 0.15) is 64.8 Å². The van der Waals surface area contributed by atoms with Gasteiger partial charge in [0.1, 0.15) is 6.33 Å². The van der Waals surface area contributed by atoms with Crippen LogP contribution in [-0.2, 0) is 6.67 Å². The van der Waals surface area contributed by atoms with Crippen LogP contribution in [0.3, 0.4) is 0 Å². The van der Waals surface area contributed by atoms with E-state index in [-0.39, 0.29) is 0 Å². The number of hydrogen-bond donors (Lipinski definition) is 0. The predicted molar refractivity (Wildman–Crippen MR) is 87.8 cm³/mol. The third-order valence-electron chi connectivity index (χ3n) is 5.48. The van der Waals surface area contributed by atoms with Crippen molar-refractivity contribution in [2.45, 2.75) is 71.5 Å². The van der Waals surface area contributed by atoms with Gasteiger partial charge in [0.2, 0.25) is 0 Å². The van der Waals surface area contributed by atoms with E-state index in [0.717, 1.165) is 11.4 Å². The molecule has 0 aromatic carbocycles. The normalized spacial score (nSPS) is 23.0. The van der Waals surface area contributed by atoms with Crippen LogP contribution in [0, 0.1) is 10.2 Å². The third kappa shape index (κ3) is 3.24. The van der Waals surface area contributed by atoms with Gasteiger partial charge in [0.05, 0.1) is 6.67 Å². The number of hydrogen-bond acceptors (Lipinski definition) is 3. The van der Waals surface area contributed by atoms with Crippen molar-refractivity contribution in [2.75, 3.05) is 13.1 Å². The van der Waals surface area contributed by atoms with E-state index in [1.165, 1.54) is 58.0 Å². The summed E-state index contributed by atoms with van der Waals surface area (Å²) >= 11 is 5.53. The lowest BCUT2D eigenvalue weighted by atomic mass is 9.68. The Morgan fingerprint density at radius 2 is 1.81 bits per heavy atom. The standard InChI is InChI=1S/C16H28N4S/c1-14(2)19-12-17-20(15(19)21)13-18-10-8-16(9-11-18)6-4-3-5-7-16/h12,14H,3-11,13H2,1-2H3. The molecule has 1 aliphatic carbocycles. The van der Waals surface area contributed by atoms with E-state index in [1.807, 2.05) is 11.0 Å². The second-order valence-electron chi connectivity index (χ2n) is 7.23. The Hall–Kier alpha value is -0.680. The Balaban J connectivity index is 1.59. The Labute approximate surface area is 133 Å². The van der Waals surface area contributed by atoms with Gasteiger partial charge in [-0.15, -0.1) is 0 Å². The van der Waals surface area contributed by atoms with Crippen LogP contribution in [0.4, 0.5) is 0 Å². The van der Waals surface area contributed by atoms with Crippen LogP contribution < -0.4 is 0 Å². The minimum absolute atomic E-state index is 0.387. The van der Waals surface area contributed by atoms with Crippen LogP contribution in [0.5, 0.6) is 0 Å². The zero-order valence-corrected chi connectivity index (χ0v) is 14.2. The zero-order valence-electron chi connectivity index (χ0n) is 13.4. The average molecular weight is 308 g/mol. The van der Waals surface area contributed by atoms with Gasteiger partial charge in [-0.25, -0.2) is 4.68 Å². The molecule has 0 unspecified atom stereocenters. The fraction of sp³-hybridized carbons (Fsp3) is 0.875. The molecule has 2 heterocycles. The smallest absolute Gasteiger partial charge is 0.199 e. The van der Waals surface area contributed by atoms with Gasteiger partial charge < -0.3 is 4.57 Å². The number of rotatable bonds is 3. The first kappa shape index (κ1) is 15.2. The quantitative estimate of drug-likeness (QED) is 0.789. The minimum Gasteiger partial charge on any atom is -0.304 e. The van der Waals surface area contributed by atoms with Crippen molar-refractivity contribution >= 4 is 12.2 Å². The van der Waals surface area contributed by atoms with Gasteiger partial charge in [0.15, 0.2) is 4.77 Å². The predicted octanol–water partition coefficient (Wildman–Crippen LogP) is 4.00. The summed E-state index contributed by atoms with van der Waals surface area (Å²) in [4.78, 5) is 2.52. The number of likely N-dealkylation sites (tertiary alicyclic amines) is 1. The van der Waals surface area contributed by atoms with Crippen molar-refractivity contribution in [1.29, 1.82) is 0 Å². The van der Waals surface area contributed by atoms with E-state index in [2.05, 4.69) is 28.4 Å². The summed E-state index contributed by atoms with van der Waals surface area (Å²) in [6.45, 7) is 7.56. The molecule has 2 aliphatic rings. The number of piperidine rings is 1. The minimum atomic E-state index is 0.387. The molecule has 3 rings (SSSR count). The van der Waals surface area contributed by atoms with E-state index in [1.54, 1.807) is 0 Å². The lowest BCUT2D eigenvalue weighted by Crippen LogP contribution is -2.41. The van der Waals surface area contributed by atoms with Crippen molar-refractivity contribution in [2.24, 2.45) is 5.41 Å². The second kappa shape index (κ2) is 6.21. The van der Waals surface area contributed by atoms with Gasteiger partial charge >= 0.3 is 0 Å². The topological polar surface area (TPSA) is 26.0 Å². The van der Waals surface area contributed by atoms with E-state index >= 15 is 0 Å². The van der Waals surface area contributed by atoms with E-state index in [9.17, 15) is 0 Å². The lowest BCUT2D eigenvalue weighted by molar-refractivity contribution is 0.0494. The molecular formula is C16H28N4S. The van der Waals surface area contributed by atoms with Crippen LogP contribution in [0.2, 0.25) is 0 Å². The largest absolute Gasteiger partial charge is 0.304 e. The van der Waals surface area contributed by atoms with E-state index in [0.29, 0.717) is 11.5 Å². The number of nitrogens with zero attached hydrogens (tertiary/aromatic N) is 4.